The zero-order chi connectivity index (χ0) is 39.6. The molecule has 2 aromatic heterocycles. The molecule has 9 aromatic carbocycles. The lowest BCUT2D eigenvalue weighted by molar-refractivity contribution is 0.770. The van der Waals surface area contributed by atoms with Crippen molar-refractivity contribution in [1.82, 2.24) is 15.0 Å². The summed E-state index contributed by atoms with van der Waals surface area (Å²) < 4.78 is 2.54. The summed E-state index contributed by atoms with van der Waals surface area (Å²) in [5, 5.41) is 4.89. The number of hydrogen-bond acceptors (Lipinski definition) is 4. The summed E-state index contributed by atoms with van der Waals surface area (Å²) in [5.74, 6) is 1.95. The molecule has 60 heavy (non-hydrogen) atoms. The Bertz CT molecular complexity index is 3400. The first-order valence-electron chi connectivity index (χ1n) is 20.3. The minimum atomic E-state index is -0.423. The number of thiophene rings is 1. The van der Waals surface area contributed by atoms with Crippen molar-refractivity contribution in [2.45, 2.75) is 5.41 Å². The Morgan fingerprint density at radius 2 is 0.833 bits per heavy atom. The van der Waals surface area contributed by atoms with Gasteiger partial charge in [0.2, 0.25) is 0 Å². The first-order valence-corrected chi connectivity index (χ1v) is 21.2. The van der Waals surface area contributed by atoms with Crippen molar-refractivity contribution >= 4 is 42.3 Å². The fourth-order valence-electron chi connectivity index (χ4n) is 9.42. The van der Waals surface area contributed by atoms with Crippen LogP contribution in [0.25, 0.3) is 87.4 Å². The summed E-state index contributed by atoms with van der Waals surface area (Å²) in [5.41, 5.74) is 12.5. The molecule has 2 heterocycles. The van der Waals surface area contributed by atoms with Gasteiger partial charge in [-0.05, 0) is 79.5 Å². The molecular formula is C56H35N3S. The highest BCUT2D eigenvalue weighted by Gasteiger charge is 2.45. The van der Waals surface area contributed by atoms with Crippen LogP contribution in [0.2, 0.25) is 0 Å². The predicted octanol–water partition coefficient (Wildman–Crippen LogP) is 14.4. The lowest BCUT2D eigenvalue weighted by Gasteiger charge is -2.33. The van der Waals surface area contributed by atoms with E-state index in [1.165, 1.54) is 58.9 Å². The van der Waals surface area contributed by atoms with Crippen LogP contribution in [-0.2, 0) is 5.41 Å². The molecule has 0 fully saturated rings. The first-order chi connectivity index (χ1) is 29.7. The van der Waals surface area contributed by atoms with E-state index in [2.05, 4.69) is 194 Å². The molecule has 0 atom stereocenters. The highest BCUT2D eigenvalue weighted by atomic mass is 32.1. The van der Waals surface area contributed by atoms with Gasteiger partial charge in [0.25, 0.3) is 0 Å². The van der Waals surface area contributed by atoms with Gasteiger partial charge in [-0.15, -0.1) is 11.3 Å². The van der Waals surface area contributed by atoms with Gasteiger partial charge in [-0.25, -0.2) is 15.0 Å². The van der Waals surface area contributed by atoms with Crippen molar-refractivity contribution in [2.24, 2.45) is 0 Å². The highest BCUT2D eigenvalue weighted by Crippen LogP contribution is 2.56. The molecule has 12 rings (SSSR count). The van der Waals surface area contributed by atoms with Crippen molar-refractivity contribution in [3.8, 4) is 56.4 Å². The minimum absolute atomic E-state index is 0.423. The average molecular weight is 782 g/mol. The zero-order valence-corrected chi connectivity index (χ0v) is 33.3. The molecule has 0 N–H and O–H groups in total. The summed E-state index contributed by atoms with van der Waals surface area (Å²) >= 11 is 1.87. The van der Waals surface area contributed by atoms with Gasteiger partial charge in [0.05, 0.1) is 5.41 Å². The molecule has 0 saturated heterocycles. The van der Waals surface area contributed by atoms with Crippen LogP contribution in [0.1, 0.15) is 22.3 Å². The molecule has 3 nitrogen and oxygen atoms in total. The number of benzene rings is 9. The standard InChI is InChI=1S/C56H35N3S/c1-3-15-37(16-4-1)53-57-54(59-55(58-53)42-27-26-36-14-7-8-17-38(36)32-42)41-19-13-18-39(33-41)40-28-30-47-48-31-29-44(35-52(48)60-51(47)34-40)56(43-20-5-2-6-21-43)49-24-11-9-22-45(49)46-23-10-12-25-50(46)56/h1-35H. The molecule has 0 radical (unpaired) electrons. The van der Waals surface area contributed by atoms with Crippen molar-refractivity contribution in [2.75, 3.05) is 0 Å². The number of rotatable bonds is 6. The fraction of sp³-hybridized carbons (Fsp3) is 0.0179. The van der Waals surface area contributed by atoms with Crippen LogP contribution in [0.5, 0.6) is 0 Å². The molecule has 1 aliphatic rings. The van der Waals surface area contributed by atoms with Gasteiger partial charge >= 0.3 is 0 Å². The van der Waals surface area contributed by atoms with E-state index < -0.39 is 5.41 Å². The second-order valence-electron chi connectivity index (χ2n) is 15.5. The molecule has 0 aliphatic heterocycles. The van der Waals surface area contributed by atoms with Gasteiger partial charge in [-0.3, -0.25) is 0 Å². The quantitative estimate of drug-likeness (QED) is 0.169. The first kappa shape index (κ1) is 34.5. The van der Waals surface area contributed by atoms with E-state index in [9.17, 15) is 0 Å². The zero-order valence-electron chi connectivity index (χ0n) is 32.5. The molecule has 0 bridgehead atoms. The lowest BCUT2D eigenvalue weighted by atomic mass is 9.67. The van der Waals surface area contributed by atoms with E-state index in [0.29, 0.717) is 17.5 Å². The number of hydrogen-bond donors (Lipinski definition) is 0. The third kappa shape index (κ3) is 5.46. The van der Waals surface area contributed by atoms with Gasteiger partial charge in [0, 0.05) is 36.9 Å². The van der Waals surface area contributed by atoms with Crippen LogP contribution in [0.3, 0.4) is 0 Å². The van der Waals surface area contributed by atoms with Crippen molar-refractivity contribution in [1.29, 1.82) is 0 Å². The molecule has 11 aromatic rings. The third-order valence-corrected chi connectivity index (χ3v) is 13.3. The van der Waals surface area contributed by atoms with E-state index in [1.54, 1.807) is 0 Å². The molecular weight excluding hydrogens is 747 g/mol. The third-order valence-electron chi connectivity index (χ3n) is 12.2. The maximum Gasteiger partial charge on any atom is 0.164 e. The average Bonchev–Trinajstić information content (AvgIpc) is 3.85. The van der Waals surface area contributed by atoms with Crippen LogP contribution in [-0.4, -0.2) is 15.0 Å². The molecule has 0 unspecified atom stereocenters. The second kappa shape index (κ2) is 13.8. The second-order valence-corrected chi connectivity index (χ2v) is 16.6. The summed E-state index contributed by atoms with van der Waals surface area (Å²) in [6.07, 6.45) is 0. The lowest BCUT2D eigenvalue weighted by Crippen LogP contribution is -2.28. The van der Waals surface area contributed by atoms with Crippen LogP contribution in [0.4, 0.5) is 0 Å². The van der Waals surface area contributed by atoms with E-state index in [0.717, 1.165) is 33.2 Å². The van der Waals surface area contributed by atoms with Crippen molar-refractivity contribution in [3.63, 3.8) is 0 Å². The largest absolute Gasteiger partial charge is 0.208 e. The molecule has 0 spiro atoms. The van der Waals surface area contributed by atoms with Gasteiger partial charge in [0.15, 0.2) is 17.5 Å². The molecule has 280 valence electrons. The van der Waals surface area contributed by atoms with Gasteiger partial charge in [-0.2, -0.15) is 0 Å². The Hall–Kier alpha value is -7.53. The summed E-state index contributed by atoms with van der Waals surface area (Å²) in [6.45, 7) is 0. The summed E-state index contributed by atoms with van der Waals surface area (Å²) in [6, 6.07) is 76.5. The number of fused-ring (bicyclic) bond motifs is 7. The molecule has 1 aliphatic carbocycles. The van der Waals surface area contributed by atoms with Crippen LogP contribution >= 0.6 is 11.3 Å². The maximum atomic E-state index is 5.10. The molecule has 0 saturated carbocycles. The monoisotopic (exact) mass is 781 g/mol. The Morgan fingerprint density at radius 1 is 0.317 bits per heavy atom. The van der Waals surface area contributed by atoms with Gasteiger partial charge in [0.1, 0.15) is 0 Å². The van der Waals surface area contributed by atoms with Crippen LogP contribution in [0, 0.1) is 0 Å². The maximum absolute atomic E-state index is 5.10. The fourth-order valence-corrected chi connectivity index (χ4v) is 10.6. The molecule has 4 heteroatoms. The molecule has 0 amide bonds. The topological polar surface area (TPSA) is 38.7 Å². The Balaban J connectivity index is 0.964. The van der Waals surface area contributed by atoms with Crippen LogP contribution in [0.15, 0.2) is 212 Å². The summed E-state index contributed by atoms with van der Waals surface area (Å²) in [7, 11) is 0. The minimum Gasteiger partial charge on any atom is -0.208 e. The number of nitrogens with zero attached hydrogens (tertiary/aromatic N) is 3. The smallest absolute Gasteiger partial charge is 0.164 e. The Labute approximate surface area is 352 Å². The van der Waals surface area contributed by atoms with E-state index >= 15 is 0 Å². The van der Waals surface area contributed by atoms with E-state index in [-0.39, 0.29) is 0 Å². The predicted molar refractivity (Wildman–Crippen MR) is 249 cm³/mol. The normalized spacial score (nSPS) is 12.8. The summed E-state index contributed by atoms with van der Waals surface area (Å²) in [4.78, 5) is 15.1. The van der Waals surface area contributed by atoms with Gasteiger partial charge < -0.3 is 0 Å². The SMILES string of the molecule is c1ccc(-c2nc(-c3cccc(-c4ccc5c(c4)sc4cc(C6(c7ccccc7)c7ccccc7-c7ccccc76)ccc45)c3)nc(-c3ccc4ccccc4c3)n2)cc1. The van der Waals surface area contributed by atoms with Crippen molar-refractivity contribution in [3.05, 3.63) is 235 Å². The Kier molecular flexibility index (Phi) is 7.94. The van der Waals surface area contributed by atoms with Gasteiger partial charge in [-0.1, -0.05) is 188 Å². The Morgan fingerprint density at radius 3 is 1.57 bits per heavy atom. The number of aromatic nitrogens is 3. The van der Waals surface area contributed by atoms with Crippen molar-refractivity contribution < 1.29 is 0 Å². The van der Waals surface area contributed by atoms with E-state index in [1.807, 2.05) is 29.5 Å². The van der Waals surface area contributed by atoms with E-state index in [4.69, 9.17) is 15.0 Å². The van der Waals surface area contributed by atoms with Crippen LogP contribution < -0.4 is 0 Å². The highest BCUT2D eigenvalue weighted by molar-refractivity contribution is 7.25.